The minimum Gasteiger partial charge on any atom is -0.493 e. The van der Waals surface area contributed by atoms with Gasteiger partial charge >= 0.3 is 0 Å². The van der Waals surface area contributed by atoms with E-state index in [4.69, 9.17) is 21.1 Å². The van der Waals surface area contributed by atoms with Crippen LogP contribution in [0.3, 0.4) is 0 Å². The Bertz CT molecular complexity index is 995. The number of rotatable bonds is 7. The molecule has 30 heavy (non-hydrogen) atoms. The van der Waals surface area contributed by atoms with Crippen LogP contribution in [-0.4, -0.2) is 45.9 Å². The number of methoxy groups -OCH3 is 2. The molecule has 162 valence electrons. The molecule has 0 saturated carbocycles. The van der Waals surface area contributed by atoms with Gasteiger partial charge in [0.15, 0.2) is 11.5 Å². The largest absolute Gasteiger partial charge is 0.493 e. The molecule has 1 heterocycles. The number of sulfonamides is 1. The van der Waals surface area contributed by atoms with Crippen molar-refractivity contribution in [3.8, 4) is 11.5 Å². The van der Waals surface area contributed by atoms with Crippen molar-refractivity contribution < 1.29 is 22.7 Å². The molecule has 2 aromatic rings. The molecule has 1 saturated heterocycles. The summed E-state index contributed by atoms with van der Waals surface area (Å²) in [6, 6.07) is 11.5. The van der Waals surface area contributed by atoms with Crippen LogP contribution < -0.4 is 14.8 Å². The summed E-state index contributed by atoms with van der Waals surface area (Å²) in [5.74, 6) is 0.548. The number of para-hydroxylation sites is 1. The van der Waals surface area contributed by atoms with Crippen molar-refractivity contribution in [1.82, 2.24) is 9.62 Å². The second kappa shape index (κ2) is 9.68. The maximum Gasteiger partial charge on any atom is 0.243 e. The van der Waals surface area contributed by atoms with E-state index in [0.717, 1.165) is 5.56 Å². The smallest absolute Gasteiger partial charge is 0.243 e. The van der Waals surface area contributed by atoms with Gasteiger partial charge in [0.2, 0.25) is 15.9 Å². The summed E-state index contributed by atoms with van der Waals surface area (Å²) in [5, 5.41) is 3.37. The van der Waals surface area contributed by atoms with Crippen LogP contribution in [0.1, 0.15) is 18.4 Å². The summed E-state index contributed by atoms with van der Waals surface area (Å²) >= 11 is 5.86. The molecule has 3 rings (SSSR count). The zero-order valence-electron chi connectivity index (χ0n) is 16.9. The predicted molar refractivity (Wildman–Crippen MR) is 114 cm³/mol. The molecular weight excluding hydrogens is 428 g/mol. The number of hydrogen-bond donors (Lipinski definition) is 1. The lowest BCUT2D eigenvalue weighted by Gasteiger charge is -2.31. The van der Waals surface area contributed by atoms with E-state index < -0.39 is 15.9 Å². The number of carbonyl (C=O) groups excluding carboxylic acids is 1. The number of halogens is 1. The summed E-state index contributed by atoms with van der Waals surface area (Å²) in [4.78, 5) is 12.9. The van der Waals surface area contributed by atoms with Gasteiger partial charge < -0.3 is 14.8 Å². The standard InChI is InChI=1S/C21H25ClN2O5S/c1-28-19-7-3-5-15(20(19)29-2)13-23-21(25)16-6-4-12-24(14-16)30(26,27)18-10-8-17(22)9-11-18/h3,5,7-11,16H,4,6,12-14H2,1-2H3,(H,23,25). The van der Waals surface area contributed by atoms with E-state index in [2.05, 4.69) is 5.32 Å². The third-order valence-corrected chi connectivity index (χ3v) is 7.28. The van der Waals surface area contributed by atoms with E-state index in [1.165, 1.54) is 16.4 Å². The number of amides is 1. The summed E-state index contributed by atoms with van der Waals surface area (Å²) in [5.41, 5.74) is 0.784. The molecule has 0 aliphatic carbocycles. The Hall–Kier alpha value is -2.29. The molecule has 1 aliphatic rings. The van der Waals surface area contributed by atoms with E-state index in [1.807, 2.05) is 12.1 Å². The fourth-order valence-corrected chi connectivity index (χ4v) is 5.20. The second-order valence-corrected chi connectivity index (χ2v) is 9.40. The highest BCUT2D eigenvalue weighted by atomic mass is 35.5. The third-order valence-electron chi connectivity index (χ3n) is 5.14. The minimum absolute atomic E-state index is 0.145. The lowest BCUT2D eigenvalue weighted by Crippen LogP contribution is -2.45. The van der Waals surface area contributed by atoms with Crippen molar-refractivity contribution in [3.63, 3.8) is 0 Å². The number of piperidine rings is 1. The average Bonchev–Trinajstić information content (AvgIpc) is 2.77. The Morgan fingerprint density at radius 3 is 2.57 bits per heavy atom. The lowest BCUT2D eigenvalue weighted by atomic mass is 9.98. The Kier molecular flexibility index (Phi) is 7.23. The first-order valence-corrected chi connectivity index (χ1v) is 11.4. The fourth-order valence-electron chi connectivity index (χ4n) is 3.55. The highest BCUT2D eigenvalue weighted by Crippen LogP contribution is 2.31. The van der Waals surface area contributed by atoms with Crippen molar-refractivity contribution >= 4 is 27.5 Å². The Balaban J connectivity index is 1.67. The van der Waals surface area contributed by atoms with Gasteiger partial charge in [0, 0.05) is 30.2 Å². The average molecular weight is 453 g/mol. The normalized spacial score (nSPS) is 17.4. The van der Waals surface area contributed by atoms with Gasteiger partial charge in [-0.25, -0.2) is 8.42 Å². The van der Waals surface area contributed by atoms with Gasteiger partial charge in [-0.2, -0.15) is 4.31 Å². The van der Waals surface area contributed by atoms with Crippen LogP contribution in [0.5, 0.6) is 11.5 Å². The van der Waals surface area contributed by atoms with Crippen LogP contribution in [0.15, 0.2) is 47.4 Å². The van der Waals surface area contributed by atoms with Crippen molar-refractivity contribution in [2.75, 3.05) is 27.3 Å². The molecule has 0 bridgehead atoms. The van der Waals surface area contributed by atoms with Crippen LogP contribution in [0.2, 0.25) is 5.02 Å². The summed E-state index contributed by atoms with van der Waals surface area (Å²) in [7, 11) is -0.575. The van der Waals surface area contributed by atoms with Gasteiger partial charge in [0.05, 0.1) is 25.0 Å². The lowest BCUT2D eigenvalue weighted by molar-refractivity contribution is -0.126. The maximum absolute atomic E-state index is 12.9. The highest BCUT2D eigenvalue weighted by molar-refractivity contribution is 7.89. The van der Waals surface area contributed by atoms with E-state index >= 15 is 0 Å². The first kappa shape index (κ1) is 22.4. The monoisotopic (exact) mass is 452 g/mol. The zero-order chi connectivity index (χ0) is 21.7. The van der Waals surface area contributed by atoms with E-state index in [1.54, 1.807) is 32.4 Å². The molecule has 0 spiro atoms. The predicted octanol–water partition coefficient (Wildman–Crippen LogP) is 3.07. The molecule has 1 unspecified atom stereocenters. The molecule has 0 radical (unpaired) electrons. The van der Waals surface area contributed by atoms with Gasteiger partial charge in [-0.15, -0.1) is 0 Å². The molecule has 1 amide bonds. The maximum atomic E-state index is 12.9. The molecule has 1 atom stereocenters. The first-order valence-electron chi connectivity index (χ1n) is 9.60. The second-order valence-electron chi connectivity index (χ2n) is 7.03. The molecule has 9 heteroatoms. The third kappa shape index (κ3) is 4.88. The van der Waals surface area contributed by atoms with Crippen molar-refractivity contribution in [3.05, 3.63) is 53.1 Å². The summed E-state index contributed by atoms with van der Waals surface area (Å²) < 4.78 is 37.9. The van der Waals surface area contributed by atoms with Crippen LogP contribution in [0, 0.1) is 5.92 Å². The molecule has 7 nitrogen and oxygen atoms in total. The van der Waals surface area contributed by atoms with E-state index in [0.29, 0.717) is 35.9 Å². The van der Waals surface area contributed by atoms with E-state index in [9.17, 15) is 13.2 Å². The number of nitrogens with zero attached hydrogens (tertiary/aromatic N) is 1. The van der Waals surface area contributed by atoms with Crippen LogP contribution >= 0.6 is 11.6 Å². The van der Waals surface area contributed by atoms with Gasteiger partial charge in [-0.05, 0) is 43.2 Å². The minimum atomic E-state index is -3.67. The van der Waals surface area contributed by atoms with Crippen LogP contribution in [0.4, 0.5) is 0 Å². The molecule has 1 fully saturated rings. The van der Waals surface area contributed by atoms with Gasteiger partial charge in [-0.1, -0.05) is 23.7 Å². The summed E-state index contributed by atoms with van der Waals surface area (Å²) in [6.07, 6.45) is 1.25. The molecule has 1 aliphatic heterocycles. The molecule has 2 aromatic carbocycles. The zero-order valence-corrected chi connectivity index (χ0v) is 18.5. The number of benzene rings is 2. The van der Waals surface area contributed by atoms with Crippen molar-refractivity contribution in [1.29, 1.82) is 0 Å². The van der Waals surface area contributed by atoms with Gasteiger partial charge in [-0.3, -0.25) is 4.79 Å². The number of hydrogen-bond acceptors (Lipinski definition) is 5. The Morgan fingerprint density at radius 2 is 1.90 bits per heavy atom. The number of nitrogens with one attached hydrogen (secondary N) is 1. The van der Waals surface area contributed by atoms with Crippen LogP contribution in [0.25, 0.3) is 0 Å². The van der Waals surface area contributed by atoms with Gasteiger partial charge in [0.25, 0.3) is 0 Å². The quantitative estimate of drug-likeness (QED) is 0.697. The number of ether oxygens (including phenoxy) is 2. The molecule has 0 aromatic heterocycles. The SMILES string of the molecule is COc1cccc(CNC(=O)C2CCCN(S(=O)(=O)c3ccc(Cl)cc3)C2)c1OC. The first-order chi connectivity index (χ1) is 14.4. The fraction of sp³-hybridized carbons (Fsp3) is 0.381. The number of carbonyl (C=O) groups is 1. The Morgan fingerprint density at radius 1 is 1.17 bits per heavy atom. The van der Waals surface area contributed by atoms with E-state index in [-0.39, 0.29) is 23.9 Å². The van der Waals surface area contributed by atoms with Crippen molar-refractivity contribution in [2.24, 2.45) is 5.92 Å². The highest BCUT2D eigenvalue weighted by Gasteiger charge is 2.33. The van der Waals surface area contributed by atoms with Crippen molar-refractivity contribution in [2.45, 2.75) is 24.3 Å². The summed E-state index contributed by atoms with van der Waals surface area (Å²) in [6.45, 7) is 0.796. The van der Waals surface area contributed by atoms with Crippen LogP contribution in [-0.2, 0) is 21.4 Å². The Labute approximate surface area is 182 Å². The molecular formula is C21H25ClN2O5S. The van der Waals surface area contributed by atoms with Gasteiger partial charge in [0.1, 0.15) is 0 Å². The topological polar surface area (TPSA) is 84.9 Å². The molecule has 1 N–H and O–H groups in total.